The Morgan fingerprint density at radius 3 is 3.00 bits per heavy atom. The Hall–Kier alpha value is -2.30. The van der Waals surface area contributed by atoms with Crippen LogP contribution < -0.4 is 5.32 Å². The molecule has 0 bridgehead atoms. The van der Waals surface area contributed by atoms with Gasteiger partial charge in [0.25, 0.3) is 0 Å². The maximum Gasteiger partial charge on any atom is 0.0881 e. The van der Waals surface area contributed by atoms with Gasteiger partial charge in [-0.3, -0.25) is 9.78 Å². The average Bonchev–Trinajstić information content (AvgIpc) is 2.97. The number of fused-ring (bicyclic) bond motifs is 1. The maximum atomic E-state index is 4.19. The lowest BCUT2D eigenvalue weighted by Gasteiger charge is -2.16. The van der Waals surface area contributed by atoms with Gasteiger partial charge in [0.15, 0.2) is 0 Å². The number of para-hydroxylation sites is 1. The van der Waals surface area contributed by atoms with Crippen molar-refractivity contribution in [2.75, 3.05) is 5.32 Å². The monoisotopic (exact) mass is 241 g/mol. The minimum Gasteiger partial charge on any atom is -0.375 e. The van der Waals surface area contributed by atoms with E-state index in [0.29, 0.717) is 0 Å². The fourth-order valence-corrected chi connectivity index (χ4v) is 2.21. The van der Waals surface area contributed by atoms with Gasteiger partial charge in [0.2, 0.25) is 0 Å². The fourth-order valence-electron chi connectivity index (χ4n) is 2.21. The molecular formula is C13H15N5. The van der Waals surface area contributed by atoms with E-state index in [0.717, 1.165) is 22.3 Å². The van der Waals surface area contributed by atoms with Crippen molar-refractivity contribution in [1.29, 1.82) is 0 Å². The molecule has 2 N–H and O–H groups in total. The van der Waals surface area contributed by atoms with Crippen molar-refractivity contribution in [3.05, 3.63) is 42.4 Å². The second-order valence-electron chi connectivity index (χ2n) is 4.39. The third-order valence-electron chi connectivity index (χ3n) is 3.15. The second-order valence-corrected chi connectivity index (χ2v) is 4.39. The van der Waals surface area contributed by atoms with Crippen molar-refractivity contribution in [3.8, 4) is 0 Å². The van der Waals surface area contributed by atoms with Crippen LogP contribution in [0.3, 0.4) is 0 Å². The zero-order chi connectivity index (χ0) is 12.5. The van der Waals surface area contributed by atoms with Gasteiger partial charge in [-0.2, -0.15) is 10.2 Å². The predicted octanol–water partition coefficient (Wildman–Crippen LogP) is 2.47. The Morgan fingerprint density at radius 1 is 1.33 bits per heavy atom. The highest BCUT2D eigenvalue weighted by atomic mass is 15.3. The molecular weight excluding hydrogens is 226 g/mol. The fraction of sp³-hybridized carbons (Fsp3) is 0.231. The Balaban J connectivity index is 1.93. The van der Waals surface area contributed by atoms with Crippen LogP contribution in [0.15, 0.2) is 36.7 Å². The molecule has 92 valence electrons. The molecule has 2 aromatic heterocycles. The third-order valence-corrected chi connectivity index (χ3v) is 3.15. The zero-order valence-corrected chi connectivity index (χ0v) is 10.4. The largest absolute Gasteiger partial charge is 0.375 e. The van der Waals surface area contributed by atoms with E-state index in [1.165, 1.54) is 0 Å². The maximum absolute atomic E-state index is 4.19. The number of rotatable bonds is 3. The Kier molecular flexibility index (Phi) is 2.51. The number of H-pyrrole nitrogens is 1. The first-order valence-corrected chi connectivity index (χ1v) is 5.92. The number of benzene rings is 1. The molecule has 0 saturated carbocycles. The van der Waals surface area contributed by atoms with Crippen LogP contribution in [0, 0.1) is 0 Å². The summed E-state index contributed by atoms with van der Waals surface area (Å²) in [5.41, 5.74) is 3.23. The van der Waals surface area contributed by atoms with Crippen LogP contribution >= 0.6 is 0 Å². The standard InChI is InChI=1S/C13H15N5/c1-9(12-6-7-15-18(12)2)16-11-5-3-4-10-8-14-17-13(10)11/h3-9,16H,1-2H3,(H,14,17). The van der Waals surface area contributed by atoms with Gasteiger partial charge in [0.1, 0.15) is 0 Å². The highest BCUT2D eigenvalue weighted by molar-refractivity contribution is 5.90. The summed E-state index contributed by atoms with van der Waals surface area (Å²) in [4.78, 5) is 0. The first kappa shape index (κ1) is 10.8. The molecule has 2 heterocycles. The normalized spacial score (nSPS) is 12.8. The van der Waals surface area contributed by atoms with Crippen molar-refractivity contribution in [3.63, 3.8) is 0 Å². The number of aromatic amines is 1. The molecule has 0 aliphatic rings. The topological polar surface area (TPSA) is 58.5 Å². The van der Waals surface area contributed by atoms with Crippen molar-refractivity contribution < 1.29 is 0 Å². The summed E-state index contributed by atoms with van der Waals surface area (Å²) in [6.07, 6.45) is 3.64. The molecule has 1 unspecified atom stereocenters. The van der Waals surface area contributed by atoms with E-state index >= 15 is 0 Å². The highest BCUT2D eigenvalue weighted by Gasteiger charge is 2.11. The molecule has 1 atom stereocenters. The van der Waals surface area contributed by atoms with E-state index in [-0.39, 0.29) is 6.04 Å². The van der Waals surface area contributed by atoms with E-state index < -0.39 is 0 Å². The molecule has 0 spiro atoms. The first-order valence-electron chi connectivity index (χ1n) is 5.92. The summed E-state index contributed by atoms with van der Waals surface area (Å²) in [7, 11) is 1.95. The minimum absolute atomic E-state index is 0.186. The number of nitrogens with zero attached hydrogens (tertiary/aromatic N) is 3. The SMILES string of the molecule is CC(Nc1cccc2cn[nH]c12)c1ccnn1C. The first-order chi connectivity index (χ1) is 8.75. The lowest BCUT2D eigenvalue weighted by atomic mass is 10.2. The van der Waals surface area contributed by atoms with E-state index in [9.17, 15) is 0 Å². The van der Waals surface area contributed by atoms with Gasteiger partial charge in [0.05, 0.1) is 29.1 Å². The van der Waals surface area contributed by atoms with Crippen molar-refractivity contribution in [2.45, 2.75) is 13.0 Å². The molecule has 1 aromatic carbocycles. The number of hydrogen-bond donors (Lipinski definition) is 2. The predicted molar refractivity (Wildman–Crippen MR) is 71.3 cm³/mol. The number of hydrogen-bond acceptors (Lipinski definition) is 3. The molecule has 0 amide bonds. The Labute approximate surface area is 105 Å². The van der Waals surface area contributed by atoms with E-state index in [4.69, 9.17) is 0 Å². The molecule has 0 saturated heterocycles. The summed E-state index contributed by atoms with van der Waals surface area (Å²) in [6, 6.07) is 8.32. The van der Waals surface area contributed by atoms with Crippen LogP contribution in [-0.4, -0.2) is 20.0 Å². The van der Waals surface area contributed by atoms with Gasteiger partial charge in [-0.25, -0.2) is 0 Å². The molecule has 5 heteroatoms. The number of anilines is 1. The summed E-state index contributed by atoms with van der Waals surface area (Å²) in [5, 5.41) is 15.9. The van der Waals surface area contributed by atoms with Crippen LogP contribution in [0.4, 0.5) is 5.69 Å². The van der Waals surface area contributed by atoms with Gasteiger partial charge in [-0.1, -0.05) is 12.1 Å². The zero-order valence-electron chi connectivity index (χ0n) is 10.4. The van der Waals surface area contributed by atoms with E-state index in [1.807, 2.05) is 48.4 Å². The molecule has 3 aromatic rings. The van der Waals surface area contributed by atoms with E-state index in [1.54, 1.807) is 0 Å². The second kappa shape index (κ2) is 4.18. The number of aromatic nitrogens is 4. The van der Waals surface area contributed by atoms with Crippen molar-refractivity contribution >= 4 is 16.6 Å². The third kappa shape index (κ3) is 1.73. The van der Waals surface area contributed by atoms with Crippen LogP contribution in [0.2, 0.25) is 0 Å². The lowest BCUT2D eigenvalue weighted by molar-refractivity contribution is 0.676. The minimum atomic E-state index is 0.186. The van der Waals surface area contributed by atoms with Gasteiger partial charge in [-0.15, -0.1) is 0 Å². The summed E-state index contributed by atoms with van der Waals surface area (Å²) < 4.78 is 1.88. The molecule has 0 aliphatic heterocycles. The van der Waals surface area contributed by atoms with Crippen LogP contribution in [0.25, 0.3) is 10.9 Å². The average molecular weight is 241 g/mol. The Bertz CT molecular complexity index is 667. The van der Waals surface area contributed by atoms with Crippen LogP contribution in [-0.2, 0) is 7.05 Å². The molecule has 5 nitrogen and oxygen atoms in total. The van der Waals surface area contributed by atoms with E-state index in [2.05, 4.69) is 27.5 Å². The summed E-state index contributed by atoms with van der Waals surface area (Å²) >= 11 is 0. The molecule has 0 radical (unpaired) electrons. The van der Waals surface area contributed by atoms with Gasteiger partial charge in [0, 0.05) is 18.6 Å². The smallest absolute Gasteiger partial charge is 0.0881 e. The van der Waals surface area contributed by atoms with Gasteiger partial charge >= 0.3 is 0 Å². The van der Waals surface area contributed by atoms with Gasteiger partial charge < -0.3 is 5.32 Å². The lowest BCUT2D eigenvalue weighted by Crippen LogP contribution is -2.11. The molecule has 18 heavy (non-hydrogen) atoms. The van der Waals surface area contributed by atoms with Crippen LogP contribution in [0.1, 0.15) is 18.7 Å². The van der Waals surface area contributed by atoms with Gasteiger partial charge in [-0.05, 0) is 19.1 Å². The summed E-state index contributed by atoms with van der Waals surface area (Å²) in [5.74, 6) is 0. The Morgan fingerprint density at radius 2 is 2.22 bits per heavy atom. The molecule has 0 fully saturated rings. The molecule has 0 aliphatic carbocycles. The van der Waals surface area contributed by atoms with Crippen molar-refractivity contribution in [1.82, 2.24) is 20.0 Å². The van der Waals surface area contributed by atoms with Crippen molar-refractivity contribution in [2.24, 2.45) is 7.05 Å². The molecule has 3 rings (SSSR count). The number of nitrogens with one attached hydrogen (secondary N) is 2. The number of aryl methyl sites for hydroxylation is 1. The quantitative estimate of drug-likeness (QED) is 0.740. The highest BCUT2D eigenvalue weighted by Crippen LogP contribution is 2.24. The summed E-state index contributed by atoms with van der Waals surface area (Å²) in [6.45, 7) is 2.12. The van der Waals surface area contributed by atoms with Crippen LogP contribution in [0.5, 0.6) is 0 Å².